The first-order valence-corrected chi connectivity index (χ1v) is 9.09. The van der Waals surface area contributed by atoms with Crippen LogP contribution < -0.4 is 4.90 Å². The van der Waals surface area contributed by atoms with Crippen LogP contribution in [0.4, 0.5) is 32.2 Å². The van der Waals surface area contributed by atoms with Gasteiger partial charge in [-0.05, 0) is 18.6 Å². The molecule has 2 aromatic heterocycles. The van der Waals surface area contributed by atoms with E-state index in [9.17, 15) is 35.9 Å². The first-order valence-electron chi connectivity index (χ1n) is 9.09. The zero-order valence-corrected chi connectivity index (χ0v) is 15.6. The van der Waals surface area contributed by atoms with Crippen LogP contribution in [-0.2, 0) is 35.0 Å². The van der Waals surface area contributed by atoms with E-state index in [0.717, 1.165) is 0 Å². The lowest BCUT2D eigenvalue weighted by Crippen LogP contribution is -2.49. The van der Waals surface area contributed by atoms with Gasteiger partial charge in [-0.2, -0.15) is 26.3 Å². The molecule has 0 aliphatic carbocycles. The van der Waals surface area contributed by atoms with Gasteiger partial charge in [-0.1, -0.05) is 0 Å². The van der Waals surface area contributed by atoms with Gasteiger partial charge in [0.15, 0.2) is 5.82 Å². The van der Waals surface area contributed by atoms with Crippen LogP contribution in [0.5, 0.6) is 0 Å². The van der Waals surface area contributed by atoms with Gasteiger partial charge in [-0.25, -0.2) is 4.98 Å². The van der Waals surface area contributed by atoms with Gasteiger partial charge in [-0.3, -0.25) is 14.5 Å². The Kier molecular flexibility index (Phi) is 4.89. The van der Waals surface area contributed by atoms with Crippen LogP contribution in [0.15, 0.2) is 18.5 Å². The molecular formula is C17H14F6N6O2. The highest BCUT2D eigenvalue weighted by Gasteiger charge is 2.44. The summed E-state index contributed by atoms with van der Waals surface area (Å²) >= 11 is 0. The maximum Gasteiger partial charge on any atom is 0.433 e. The summed E-state index contributed by atoms with van der Waals surface area (Å²) in [5.74, 6) is -1.76. The van der Waals surface area contributed by atoms with E-state index < -0.39 is 47.3 Å². The summed E-state index contributed by atoms with van der Waals surface area (Å²) in [7, 11) is 0. The van der Waals surface area contributed by atoms with Crippen molar-refractivity contribution < 1.29 is 35.9 Å². The standard InChI is InChI=1S/C17H14F6N6O2/c18-16(19,20)9-5-11(17(21,22)23)25-12(6-9)29-10(1-2-14(29)30)15(31)27-3-4-28-8-24-26-13(28)7-27/h5-6,8,10H,1-4,7H2. The number of hydrogen-bond donors (Lipinski definition) is 0. The number of halogens is 6. The van der Waals surface area contributed by atoms with Crippen molar-refractivity contribution in [1.82, 2.24) is 24.6 Å². The zero-order valence-electron chi connectivity index (χ0n) is 15.6. The van der Waals surface area contributed by atoms with Gasteiger partial charge in [0.05, 0.1) is 12.1 Å². The first-order chi connectivity index (χ1) is 14.4. The molecule has 4 heterocycles. The lowest BCUT2D eigenvalue weighted by molar-refractivity contribution is -0.145. The van der Waals surface area contributed by atoms with Crippen LogP contribution in [0.2, 0.25) is 0 Å². The molecule has 1 unspecified atom stereocenters. The topological polar surface area (TPSA) is 84.2 Å². The Balaban J connectivity index is 1.69. The number of carbonyl (C=O) groups excluding carboxylic acids is 2. The van der Waals surface area contributed by atoms with E-state index in [1.54, 1.807) is 4.57 Å². The Labute approximate surface area is 170 Å². The molecule has 14 heteroatoms. The van der Waals surface area contributed by atoms with Crippen LogP contribution in [-0.4, -0.2) is 49.0 Å². The van der Waals surface area contributed by atoms with Gasteiger partial charge < -0.3 is 9.47 Å². The number of alkyl halides is 6. The first kappa shape index (κ1) is 21.1. The zero-order chi connectivity index (χ0) is 22.6. The molecule has 0 spiro atoms. The number of amides is 2. The third-order valence-electron chi connectivity index (χ3n) is 5.12. The molecule has 0 radical (unpaired) electrons. The number of aromatic nitrogens is 4. The highest BCUT2D eigenvalue weighted by Crippen LogP contribution is 2.38. The molecule has 31 heavy (non-hydrogen) atoms. The molecule has 1 fully saturated rings. The summed E-state index contributed by atoms with van der Waals surface area (Å²) < 4.78 is 80.7. The van der Waals surface area contributed by atoms with E-state index in [4.69, 9.17) is 0 Å². The van der Waals surface area contributed by atoms with Crippen molar-refractivity contribution in [3.63, 3.8) is 0 Å². The van der Waals surface area contributed by atoms with Crippen molar-refractivity contribution in [2.24, 2.45) is 0 Å². The molecular weight excluding hydrogens is 434 g/mol. The second kappa shape index (κ2) is 7.20. The predicted octanol–water partition coefficient (Wildman–Crippen LogP) is 2.25. The Morgan fingerprint density at radius 3 is 2.48 bits per heavy atom. The minimum atomic E-state index is -5.17. The van der Waals surface area contributed by atoms with E-state index in [0.29, 0.717) is 23.3 Å². The average Bonchev–Trinajstić information content (AvgIpc) is 3.31. The predicted molar refractivity (Wildman–Crippen MR) is 90.2 cm³/mol. The van der Waals surface area contributed by atoms with E-state index in [1.807, 2.05) is 0 Å². The minimum Gasteiger partial charge on any atom is -0.332 e. The maximum atomic E-state index is 13.2. The second-order valence-corrected chi connectivity index (χ2v) is 7.11. The summed E-state index contributed by atoms with van der Waals surface area (Å²) in [5.41, 5.74) is -3.41. The highest BCUT2D eigenvalue weighted by molar-refractivity contribution is 6.03. The smallest absolute Gasteiger partial charge is 0.332 e. The summed E-state index contributed by atoms with van der Waals surface area (Å²) in [6.07, 6.45) is -9.06. The average molecular weight is 448 g/mol. The van der Waals surface area contributed by atoms with Crippen molar-refractivity contribution in [2.75, 3.05) is 11.4 Å². The normalized spacial score (nSPS) is 19.7. The summed E-state index contributed by atoms with van der Waals surface area (Å²) in [6.45, 7) is 0.655. The monoisotopic (exact) mass is 448 g/mol. The molecule has 2 amide bonds. The Hall–Kier alpha value is -3.19. The van der Waals surface area contributed by atoms with Gasteiger partial charge in [-0.15, -0.1) is 10.2 Å². The quantitative estimate of drug-likeness (QED) is 0.659. The fourth-order valence-electron chi connectivity index (χ4n) is 3.62. The molecule has 0 saturated carbocycles. The molecule has 0 bridgehead atoms. The lowest BCUT2D eigenvalue weighted by atomic mass is 10.1. The van der Waals surface area contributed by atoms with Gasteiger partial charge in [0.1, 0.15) is 23.9 Å². The van der Waals surface area contributed by atoms with Crippen molar-refractivity contribution >= 4 is 17.6 Å². The SMILES string of the molecule is O=C(C1CCC(=O)N1c1cc(C(F)(F)F)cc(C(F)(F)F)n1)N1CCn2cnnc2C1. The lowest BCUT2D eigenvalue weighted by Gasteiger charge is -2.32. The van der Waals surface area contributed by atoms with Crippen LogP contribution in [0, 0.1) is 0 Å². The molecule has 2 aliphatic rings. The van der Waals surface area contributed by atoms with Crippen LogP contribution in [0.3, 0.4) is 0 Å². The van der Waals surface area contributed by atoms with Gasteiger partial charge in [0.2, 0.25) is 11.8 Å². The third kappa shape index (κ3) is 3.93. The molecule has 0 aromatic carbocycles. The molecule has 0 N–H and O–H groups in total. The largest absolute Gasteiger partial charge is 0.433 e. The van der Waals surface area contributed by atoms with Crippen LogP contribution >= 0.6 is 0 Å². The van der Waals surface area contributed by atoms with Gasteiger partial charge in [0, 0.05) is 19.5 Å². The van der Waals surface area contributed by atoms with Gasteiger partial charge in [0.25, 0.3) is 0 Å². The Bertz CT molecular complexity index is 1000. The number of nitrogens with zero attached hydrogens (tertiary/aromatic N) is 6. The fraction of sp³-hybridized carbons (Fsp3) is 0.471. The number of pyridine rings is 1. The summed E-state index contributed by atoms with van der Waals surface area (Å²) in [5, 5.41) is 7.58. The Morgan fingerprint density at radius 2 is 1.81 bits per heavy atom. The third-order valence-corrected chi connectivity index (χ3v) is 5.12. The van der Waals surface area contributed by atoms with Crippen LogP contribution in [0.1, 0.15) is 29.9 Å². The van der Waals surface area contributed by atoms with Crippen molar-refractivity contribution in [3.05, 3.63) is 35.5 Å². The van der Waals surface area contributed by atoms with E-state index in [2.05, 4.69) is 15.2 Å². The molecule has 1 atom stereocenters. The fourth-order valence-corrected chi connectivity index (χ4v) is 3.62. The number of fused-ring (bicyclic) bond motifs is 1. The number of anilines is 1. The molecule has 1 saturated heterocycles. The number of rotatable bonds is 2. The van der Waals surface area contributed by atoms with E-state index in [-0.39, 0.29) is 32.0 Å². The second-order valence-electron chi connectivity index (χ2n) is 7.11. The van der Waals surface area contributed by atoms with Crippen LogP contribution in [0.25, 0.3) is 0 Å². The molecule has 2 aliphatic heterocycles. The van der Waals surface area contributed by atoms with E-state index >= 15 is 0 Å². The molecule has 166 valence electrons. The van der Waals surface area contributed by atoms with Crippen molar-refractivity contribution in [2.45, 2.75) is 44.3 Å². The highest BCUT2D eigenvalue weighted by atomic mass is 19.4. The number of hydrogen-bond acceptors (Lipinski definition) is 5. The minimum absolute atomic E-state index is 0.0554. The summed E-state index contributed by atoms with van der Waals surface area (Å²) in [4.78, 5) is 30.6. The van der Waals surface area contributed by atoms with Crippen molar-refractivity contribution in [1.29, 1.82) is 0 Å². The maximum absolute atomic E-state index is 13.2. The van der Waals surface area contributed by atoms with Crippen molar-refractivity contribution in [3.8, 4) is 0 Å². The number of carbonyl (C=O) groups is 2. The van der Waals surface area contributed by atoms with E-state index in [1.165, 1.54) is 11.2 Å². The molecule has 4 rings (SSSR count). The van der Waals surface area contributed by atoms with Gasteiger partial charge >= 0.3 is 12.4 Å². The Morgan fingerprint density at radius 1 is 1.06 bits per heavy atom. The molecule has 2 aromatic rings. The molecule has 8 nitrogen and oxygen atoms in total. The summed E-state index contributed by atoms with van der Waals surface area (Å²) in [6, 6.07) is -1.04.